The highest BCUT2D eigenvalue weighted by molar-refractivity contribution is 6.32. The van der Waals surface area contributed by atoms with E-state index in [2.05, 4.69) is 25.5 Å². The number of benzene rings is 4. The third-order valence-corrected chi connectivity index (χ3v) is 6.38. The number of halogens is 2. The number of aromatic nitrogens is 4. The summed E-state index contributed by atoms with van der Waals surface area (Å²) in [5.41, 5.74) is 5.05. The lowest BCUT2D eigenvalue weighted by atomic mass is 10.0. The number of anilines is 2. The molecule has 0 saturated heterocycles. The Balaban J connectivity index is 1.25. The molecule has 6 aromatic rings. The summed E-state index contributed by atoms with van der Waals surface area (Å²) in [4.78, 5) is 8.90. The molecule has 1 N–H and O–H groups in total. The maximum atomic E-state index is 13.4. The molecule has 6 rings (SSSR count). The van der Waals surface area contributed by atoms with E-state index in [1.807, 2.05) is 48.5 Å². The van der Waals surface area contributed by atoms with E-state index in [0.29, 0.717) is 33.9 Å². The molecule has 0 aliphatic heterocycles. The topological polar surface area (TPSA) is 86.0 Å². The van der Waals surface area contributed by atoms with Gasteiger partial charge in [0.1, 0.15) is 30.3 Å². The molecule has 0 amide bonds. The minimum absolute atomic E-state index is 0.205. The van der Waals surface area contributed by atoms with E-state index in [0.717, 1.165) is 33.3 Å². The largest absolute Gasteiger partial charge is 0.487 e. The number of nitrogens with zero attached hydrogens (tertiary/aromatic N) is 4. The summed E-state index contributed by atoms with van der Waals surface area (Å²) in [5, 5.41) is 12.7. The fraction of sp³-hybridized carbons (Fsp3) is 0.0667. The fourth-order valence-corrected chi connectivity index (χ4v) is 4.44. The molecule has 0 radical (unpaired) electrons. The highest BCUT2D eigenvalue weighted by Gasteiger charge is 2.11. The lowest BCUT2D eigenvalue weighted by molar-refractivity contribution is 0.306. The Hall–Kier alpha value is -4.82. The van der Waals surface area contributed by atoms with Crippen molar-refractivity contribution in [1.29, 1.82) is 0 Å². The number of ether oxygens (including phenoxy) is 1. The van der Waals surface area contributed by atoms with Gasteiger partial charge in [-0.3, -0.25) is 0 Å². The maximum absolute atomic E-state index is 13.4. The van der Waals surface area contributed by atoms with E-state index in [4.69, 9.17) is 20.8 Å². The molecule has 0 fully saturated rings. The second-order valence-corrected chi connectivity index (χ2v) is 9.26. The van der Waals surface area contributed by atoms with Crippen LogP contribution in [-0.4, -0.2) is 20.2 Å². The zero-order valence-corrected chi connectivity index (χ0v) is 21.5. The molecular formula is C30H21ClFN5O2. The highest BCUT2D eigenvalue weighted by Crippen LogP contribution is 2.33. The van der Waals surface area contributed by atoms with Crippen molar-refractivity contribution in [2.45, 2.75) is 13.5 Å². The van der Waals surface area contributed by atoms with E-state index >= 15 is 0 Å². The van der Waals surface area contributed by atoms with Crippen molar-refractivity contribution >= 4 is 34.0 Å². The predicted octanol–water partition coefficient (Wildman–Crippen LogP) is 7.77. The van der Waals surface area contributed by atoms with Gasteiger partial charge < -0.3 is 14.5 Å². The first-order valence-electron chi connectivity index (χ1n) is 12.1. The number of fused-ring (bicyclic) bond motifs is 1. The van der Waals surface area contributed by atoms with Crippen LogP contribution in [0.2, 0.25) is 5.02 Å². The normalized spacial score (nSPS) is 11.1. The molecule has 39 heavy (non-hydrogen) atoms. The van der Waals surface area contributed by atoms with Crippen LogP contribution in [-0.2, 0) is 6.61 Å². The molecule has 0 spiro atoms. The van der Waals surface area contributed by atoms with Gasteiger partial charge in [0.15, 0.2) is 0 Å². The zero-order chi connectivity index (χ0) is 26.8. The van der Waals surface area contributed by atoms with Gasteiger partial charge in [0.05, 0.1) is 10.5 Å². The quantitative estimate of drug-likeness (QED) is 0.222. The number of hydrogen-bond donors (Lipinski definition) is 1. The molecule has 4 aromatic carbocycles. The highest BCUT2D eigenvalue weighted by atomic mass is 35.5. The van der Waals surface area contributed by atoms with Crippen molar-refractivity contribution in [3.63, 3.8) is 0 Å². The smallest absolute Gasteiger partial charge is 0.247 e. The van der Waals surface area contributed by atoms with Crippen molar-refractivity contribution in [2.75, 3.05) is 5.32 Å². The molecule has 2 aromatic heterocycles. The van der Waals surface area contributed by atoms with Gasteiger partial charge in [-0.1, -0.05) is 41.9 Å². The van der Waals surface area contributed by atoms with Gasteiger partial charge in [0.2, 0.25) is 11.8 Å². The summed E-state index contributed by atoms with van der Waals surface area (Å²) < 4.78 is 24.8. The molecule has 0 saturated carbocycles. The van der Waals surface area contributed by atoms with Gasteiger partial charge in [0.25, 0.3) is 0 Å². The summed E-state index contributed by atoms with van der Waals surface area (Å²) in [5.74, 6) is 1.81. The first kappa shape index (κ1) is 24.5. The molecular weight excluding hydrogens is 517 g/mol. The molecule has 0 bridgehead atoms. The Bertz CT molecular complexity index is 1810. The summed E-state index contributed by atoms with van der Waals surface area (Å²) in [6.07, 6.45) is 1.51. The van der Waals surface area contributed by atoms with E-state index in [-0.39, 0.29) is 12.4 Å². The molecule has 9 heteroatoms. The standard InChI is InChI=1S/C30H21ClFN5O2/c1-18-36-37-30(39-18)22-6-3-5-20(13-22)21-8-10-27-25(14-21)29(34-17-33-27)35-24-9-11-28(26(31)15-24)38-16-19-4-2-7-23(32)12-19/h2-15,17H,16H2,1H3,(H,33,34,35). The Morgan fingerprint density at radius 3 is 2.54 bits per heavy atom. The van der Waals surface area contributed by atoms with E-state index < -0.39 is 0 Å². The van der Waals surface area contributed by atoms with Gasteiger partial charge in [-0.2, -0.15) is 0 Å². The summed E-state index contributed by atoms with van der Waals surface area (Å²) >= 11 is 6.49. The van der Waals surface area contributed by atoms with Crippen LogP contribution in [0, 0.1) is 12.7 Å². The van der Waals surface area contributed by atoms with Crippen LogP contribution in [0.1, 0.15) is 11.5 Å². The molecule has 2 heterocycles. The van der Waals surface area contributed by atoms with E-state index in [1.54, 1.807) is 31.2 Å². The Morgan fingerprint density at radius 1 is 0.872 bits per heavy atom. The van der Waals surface area contributed by atoms with Gasteiger partial charge >= 0.3 is 0 Å². The van der Waals surface area contributed by atoms with Crippen molar-refractivity contribution in [2.24, 2.45) is 0 Å². The van der Waals surface area contributed by atoms with Gasteiger partial charge in [-0.25, -0.2) is 14.4 Å². The number of rotatable bonds is 7. The summed E-state index contributed by atoms with van der Waals surface area (Å²) in [6, 6.07) is 25.6. The number of nitrogens with one attached hydrogen (secondary N) is 1. The van der Waals surface area contributed by atoms with Crippen molar-refractivity contribution in [1.82, 2.24) is 20.2 Å². The second kappa shape index (κ2) is 10.5. The van der Waals surface area contributed by atoms with Crippen LogP contribution in [0.25, 0.3) is 33.5 Å². The van der Waals surface area contributed by atoms with Crippen molar-refractivity contribution < 1.29 is 13.5 Å². The van der Waals surface area contributed by atoms with Gasteiger partial charge in [-0.15, -0.1) is 10.2 Å². The number of hydrogen-bond acceptors (Lipinski definition) is 7. The van der Waals surface area contributed by atoms with Crippen LogP contribution >= 0.6 is 11.6 Å². The molecule has 0 unspecified atom stereocenters. The lowest BCUT2D eigenvalue weighted by Gasteiger charge is -2.12. The monoisotopic (exact) mass is 537 g/mol. The van der Waals surface area contributed by atoms with Crippen LogP contribution in [0.15, 0.2) is 95.7 Å². The first-order chi connectivity index (χ1) is 19.0. The van der Waals surface area contributed by atoms with Crippen LogP contribution in [0.3, 0.4) is 0 Å². The predicted molar refractivity (Wildman–Crippen MR) is 148 cm³/mol. The third kappa shape index (κ3) is 5.42. The van der Waals surface area contributed by atoms with Crippen LogP contribution < -0.4 is 10.1 Å². The Labute approximate surface area is 228 Å². The van der Waals surface area contributed by atoms with Crippen molar-refractivity contribution in [3.05, 3.63) is 114 Å². The lowest BCUT2D eigenvalue weighted by Crippen LogP contribution is -1.99. The third-order valence-electron chi connectivity index (χ3n) is 6.08. The molecule has 0 atom stereocenters. The minimum atomic E-state index is -0.309. The summed E-state index contributed by atoms with van der Waals surface area (Å²) in [7, 11) is 0. The molecule has 0 aliphatic carbocycles. The molecule has 192 valence electrons. The van der Waals surface area contributed by atoms with Crippen LogP contribution in [0.5, 0.6) is 5.75 Å². The van der Waals surface area contributed by atoms with Gasteiger partial charge in [0, 0.05) is 23.6 Å². The maximum Gasteiger partial charge on any atom is 0.247 e. The van der Waals surface area contributed by atoms with Crippen molar-refractivity contribution in [3.8, 4) is 28.3 Å². The Morgan fingerprint density at radius 2 is 1.72 bits per heavy atom. The number of aryl methyl sites for hydroxylation is 1. The Kier molecular flexibility index (Phi) is 6.61. The first-order valence-corrected chi connectivity index (χ1v) is 12.5. The van der Waals surface area contributed by atoms with E-state index in [9.17, 15) is 4.39 Å². The summed E-state index contributed by atoms with van der Waals surface area (Å²) in [6.45, 7) is 1.97. The average molecular weight is 538 g/mol. The second-order valence-electron chi connectivity index (χ2n) is 8.85. The van der Waals surface area contributed by atoms with Crippen LogP contribution in [0.4, 0.5) is 15.9 Å². The zero-order valence-electron chi connectivity index (χ0n) is 20.7. The molecule has 7 nitrogen and oxygen atoms in total. The molecule has 0 aliphatic rings. The SMILES string of the molecule is Cc1nnc(-c2cccc(-c3ccc4ncnc(Nc5ccc(OCc6cccc(F)c6)c(Cl)c5)c4c3)c2)o1. The van der Waals surface area contributed by atoms with E-state index in [1.165, 1.54) is 18.5 Å². The fourth-order valence-electron chi connectivity index (χ4n) is 4.20. The van der Waals surface area contributed by atoms with Gasteiger partial charge in [-0.05, 0) is 71.3 Å². The average Bonchev–Trinajstić information content (AvgIpc) is 3.39. The minimum Gasteiger partial charge on any atom is -0.487 e.